The van der Waals surface area contributed by atoms with E-state index >= 15 is 0 Å². The van der Waals surface area contributed by atoms with Crippen LogP contribution in [-0.4, -0.2) is 28.0 Å². The van der Waals surface area contributed by atoms with Gasteiger partial charge in [0.15, 0.2) is 5.69 Å². The summed E-state index contributed by atoms with van der Waals surface area (Å²) < 4.78 is 6.94. The number of carboxylic acids is 1. The number of hydrogen-bond donors (Lipinski definition) is 1. The zero-order valence-corrected chi connectivity index (χ0v) is 16.8. The smallest absolute Gasteiger partial charge is 0.357 e. The largest absolute Gasteiger partial charge is 0.494 e. The number of methoxy groups -OCH3 is 1. The fourth-order valence-electron chi connectivity index (χ4n) is 2.72. The van der Waals surface area contributed by atoms with Gasteiger partial charge in [0.2, 0.25) is 0 Å². The van der Waals surface area contributed by atoms with Crippen LogP contribution in [0.4, 0.5) is 0 Å². The number of carbonyl (C=O) groups is 1. The molecule has 0 amide bonds. The molecule has 1 N–H and O–H groups in total. The lowest BCUT2D eigenvalue weighted by atomic mass is 10.1. The maximum absolute atomic E-state index is 12.9. The van der Waals surface area contributed by atoms with Gasteiger partial charge in [-0.2, -0.15) is 15.0 Å². The first-order valence-corrected chi connectivity index (χ1v) is 9.13. The van der Waals surface area contributed by atoms with E-state index < -0.39 is 17.2 Å². The van der Waals surface area contributed by atoms with Crippen LogP contribution in [0.15, 0.2) is 57.8 Å². The van der Waals surface area contributed by atoms with E-state index in [2.05, 4.69) is 21.0 Å². The zero-order valence-electron chi connectivity index (χ0n) is 15.2. The fourth-order valence-corrected chi connectivity index (χ4v) is 3.14. The van der Waals surface area contributed by atoms with Crippen LogP contribution in [0.3, 0.4) is 0 Å². The van der Waals surface area contributed by atoms with Crippen molar-refractivity contribution < 1.29 is 14.6 Å². The summed E-state index contributed by atoms with van der Waals surface area (Å²) in [5, 5.41) is 23.2. The first-order valence-electron chi connectivity index (χ1n) is 8.34. The second-order valence-corrected chi connectivity index (χ2v) is 6.75. The summed E-state index contributed by atoms with van der Waals surface area (Å²) >= 11 is 3.36. The maximum atomic E-state index is 12.9. The minimum Gasteiger partial charge on any atom is -0.494 e. The second-order valence-electron chi connectivity index (χ2n) is 5.83. The lowest BCUT2D eigenvalue weighted by Gasteiger charge is -2.12. The van der Waals surface area contributed by atoms with Gasteiger partial charge in [0.05, 0.1) is 7.11 Å². The Kier molecular flexibility index (Phi) is 5.90. The van der Waals surface area contributed by atoms with Gasteiger partial charge in [0.1, 0.15) is 23.1 Å². The molecule has 0 spiro atoms. The predicted octanol–water partition coefficient (Wildman–Crippen LogP) is 3.74. The molecule has 0 unspecified atom stereocenters. The molecule has 0 saturated heterocycles. The summed E-state index contributed by atoms with van der Waals surface area (Å²) in [4.78, 5) is 24.8. The molecule has 0 bridgehead atoms. The molecule has 144 valence electrons. The monoisotopic (exact) mass is 451 g/mol. The van der Waals surface area contributed by atoms with Gasteiger partial charge < -0.3 is 9.84 Å². The molecule has 29 heavy (non-hydrogen) atoms. The second kappa shape index (κ2) is 8.54. The molecule has 0 atom stereocenters. The van der Waals surface area contributed by atoms with Crippen LogP contribution >= 0.6 is 15.9 Å². The van der Waals surface area contributed by atoms with E-state index in [-0.39, 0.29) is 16.8 Å². The Morgan fingerprint density at radius 2 is 2.00 bits per heavy atom. The minimum absolute atomic E-state index is 0.0591. The van der Waals surface area contributed by atoms with Crippen molar-refractivity contribution in [3.8, 4) is 17.5 Å². The van der Waals surface area contributed by atoms with Crippen LogP contribution in [0.1, 0.15) is 27.2 Å². The Labute approximate surface area is 174 Å². The Hall–Kier alpha value is -3.70. The lowest BCUT2D eigenvalue weighted by Crippen LogP contribution is -2.28. The number of halogens is 1. The third-order valence-electron chi connectivity index (χ3n) is 4.05. The van der Waals surface area contributed by atoms with Crippen molar-refractivity contribution in [3.63, 3.8) is 0 Å². The standard InChI is InChI=1S/C21H14BrN3O4/c1-29-18-8-3-2-7-17(18)25-20(26)16(12-23)15(19(24-25)21(27)28)10-9-13-5-4-6-14(22)11-13/h2-11H,1H3,(H,27,28)/b10-9-. The number of rotatable bonds is 5. The first kappa shape index (κ1) is 20.0. The predicted molar refractivity (Wildman–Crippen MR) is 111 cm³/mol. The SMILES string of the molecule is COc1ccccc1-n1nc(C(=O)O)c(/C=C\c2cccc(Br)c2)c(C#N)c1=O. The van der Waals surface area contributed by atoms with Crippen molar-refractivity contribution in [3.05, 3.63) is 85.7 Å². The molecule has 0 aliphatic heterocycles. The Morgan fingerprint density at radius 3 is 2.66 bits per heavy atom. The number of aromatic nitrogens is 2. The van der Waals surface area contributed by atoms with Gasteiger partial charge in [-0.3, -0.25) is 4.79 Å². The van der Waals surface area contributed by atoms with Gasteiger partial charge in [-0.1, -0.05) is 52.3 Å². The quantitative estimate of drug-likeness (QED) is 0.633. The number of para-hydroxylation sites is 2. The van der Waals surface area contributed by atoms with Crippen molar-refractivity contribution >= 4 is 34.1 Å². The number of benzene rings is 2. The van der Waals surface area contributed by atoms with Crippen LogP contribution in [-0.2, 0) is 0 Å². The van der Waals surface area contributed by atoms with Crippen molar-refractivity contribution in [1.29, 1.82) is 5.26 Å². The van der Waals surface area contributed by atoms with Gasteiger partial charge in [0.25, 0.3) is 5.56 Å². The Bertz CT molecular complexity index is 1230. The van der Waals surface area contributed by atoms with Crippen molar-refractivity contribution in [2.75, 3.05) is 7.11 Å². The van der Waals surface area contributed by atoms with E-state index in [9.17, 15) is 20.0 Å². The van der Waals surface area contributed by atoms with E-state index in [0.717, 1.165) is 14.7 Å². The Morgan fingerprint density at radius 1 is 1.24 bits per heavy atom. The summed E-state index contributed by atoms with van der Waals surface area (Å²) in [6.07, 6.45) is 3.02. The summed E-state index contributed by atoms with van der Waals surface area (Å²) in [6, 6.07) is 15.6. The molecule has 0 fully saturated rings. The highest BCUT2D eigenvalue weighted by molar-refractivity contribution is 9.10. The van der Waals surface area contributed by atoms with Crippen LogP contribution in [0.25, 0.3) is 17.8 Å². The first-order chi connectivity index (χ1) is 14.0. The number of hydrogen-bond acceptors (Lipinski definition) is 5. The normalized spacial score (nSPS) is 10.7. The maximum Gasteiger partial charge on any atom is 0.357 e. The molecule has 3 rings (SSSR count). The summed E-state index contributed by atoms with van der Waals surface area (Å²) in [5.41, 5.74) is -0.546. The van der Waals surface area contributed by atoms with Crippen LogP contribution in [0.2, 0.25) is 0 Å². The average Bonchev–Trinajstić information content (AvgIpc) is 2.72. The molecule has 7 nitrogen and oxygen atoms in total. The van der Waals surface area contributed by atoms with Crippen LogP contribution in [0, 0.1) is 11.3 Å². The van der Waals surface area contributed by atoms with Gasteiger partial charge in [0, 0.05) is 10.0 Å². The topological polar surface area (TPSA) is 105 Å². The highest BCUT2D eigenvalue weighted by atomic mass is 79.9. The zero-order chi connectivity index (χ0) is 21.0. The molecular weight excluding hydrogens is 438 g/mol. The number of nitriles is 1. The summed E-state index contributed by atoms with van der Waals surface area (Å²) in [5.74, 6) is -1.04. The van der Waals surface area contributed by atoms with Crippen molar-refractivity contribution in [1.82, 2.24) is 9.78 Å². The molecule has 3 aromatic rings. The Balaban J connectivity index is 2.25. The molecule has 0 saturated carbocycles. The molecule has 1 aromatic heterocycles. The molecule has 2 aromatic carbocycles. The molecule has 1 heterocycles. The minimum atomic E-state index is -1.36. The van der Waals surface area contributed by atoms with E-state index in [1.807, 2.05) is 24.3 Å². The van der Waals surface area contributed by atoms with Gasteiger partial charge >= 0.3 is 5.97 Å². The van der Waals surface area contributed by atoms with E-state index in [4.69, 9.17) is 4.74 Å². The highest BCUT2D eigenvalue weighted by Gasteiger charge is 2.22. The van der Waals surface area contributed by atoms with Gasteiger partial charge in [-0.15, -0.1) is 0 Å². The van der Waals surface area contributed by atoms with Crippen molar-refractivity contribution in [2.24, 2.45) is 0 Å². The molecule has 8 heteroatoms. The van der Waals surface area contributed by atoms with Gasteiger partial charge in [-0.05, 0) is 29.8 Å². The fraction of sp³-hybridized carbons (Fsp3) is 0.0476. The molecule has 0 radical (unpaired) electrons. The summed E-state index contributed by atoms with van der Waals surface area (Å²) in [7, 11) is 1.42. The molecule has 0 aliphatic carbocycles. The average molecular weight is 452 g/mol. The van der Waals surface area contributed by atoms with Crippen LogP contribution in [0.5, 0.6) is 5.75 Å². The third kappa shape index (κ3) is 4.10. The summed E-state index contributed by atoms with van der Waals surface area (Å²) in [6.45, 7) is 0. The van der Waals surface area contributed by atoms with Crippen LogP contribution < -0.4 is 10.3 Å². The number of aromatic carboxylic acids is 1. The number of nitrogens with zero attached hydrogens (tertiary/aromatic N) is 3. The van der Waals surface area contributed by atoms with Gasteiger partial charge in [-0.25, -0.2) is 4.79 Å². The van der Waals surface area contributed by atoms with E-state index in [1.165, 1.54) is 13.2 Å². The molecule has 0 aliphatic rings. The molecular formula is C21H14BrN3O4. The number of carboxylic acid groups (broad SMARTS) is 1. The van der Waals surface area contributed by atoms with Crippen molar-refractivity contribution in [2.45, 2.75) is 0 Å². The van der Waals surface area contributed by atoms with E-state index in [1.54, 1.807) is 36.4 Å². The number of ether oxygens (including phenoxy) is 1. The van der Waals surface area contributed by atoms with E-state index in [0.29, 0.717) is 5.75 Å². The third-order valence-corrected chi connectivity index (χ3v) is 4.54. The highest BCUT2D eigenvalue weighted by Crippen LogP contribution is 2.22. The lowest BCUT2D eigenvalue weighted by molar-refractivity contribution is 0.0688.